The third-order valence-electron chi connectivity index (χ3n) is 4.97. The van der Waals surface area contributed by atoms with Gasteiger partial charge in [0.05, 0.1) is 4.90 Å². The largest absolute Gasteiger partial charge is 0.349 e. The summed E-state index contributed by atoms with van der Waals surface area (Å²) < 4.78 is 26.7. The van der Waals surface area contributed by atoms with Gasteiger partial charge in [0.1, 0.15) is 0 Å². The Morgan fingerprint density at radius 3 is 2.56 bits per heavy atom. The van der Waals surface area contributed by atoms with Crippen molar-refractivity contribution >= 4 is 15.9 Å². The van der Waals surface area contributed by atoms with E-state index in [-0.39, 0.29) is 16.8 Å². The number of carbonyl (C=O) groups is 1. The molecule has 2 atom stereocenters. The van der Waals surface area contributed by atoms with Crippen molar-refractivity contribution in [3.8, 4) is 0 Å². The fraction of sp³-hybridized carbons (Fsp3) is 0.611. The molecule has 0 saturated heterocycles. The fourth-order valence-corrected chi connectivity index (χ4v) is 4.95. The third-order valence-corrected chi connectivity index (χ3v) is 7.01. The van der Waals surface area contributed by atoms with Gasteiger partial charge >= 0.3 is 0 Å². The molecule has 7 heteroatoms. The van der Waals surface area contributed by atoms with Crippen LogP contribution in [0.25, 0.3) is 0 Å². The lowest BCUT2D eigenvalue weighted by Crippen LogP contribution is -2.44. The molecule has 2 unspecified atom stereocenters. The van der Waals surface area contributed by atoms with Crippen LogP contribution in [0.4, 0.5) is 0 Å². The molecule has 1 aliphatic rings. The molecule has 1 saturated carbocycles. The number of hydrogen-bond donors (Lipinski definition) is 2. The Kier molecular flexibility index (Phi) is 6.98. The lowest BCUT2D eigenvalue weighted by atomic mass is 9.84. The van der Waals surface area contributed by atoms with Crippen molar-refractivity contribution in [2.24, 2.45) is 11.7 Å². The topological polar surface area (TPSA) is 92.5 Å². The molecule has 1 amide bonds. The smallest absolute Gasteiger partial charge is 0.251 e. The molecular formula is C18H29N3O3S. The Bertz CT molecular complexity index is 687. The molecule has 1 aromatic carbocycles. The minimum atomic E-state index is -3.57. The van der Waals surface area contributed by atoms with Crippen molar-refractivity contribution in [1.29, 1.82) is 0 Å². The Morgan fingerprint density at radius 1 is 1.24 bits per heavy atom. The predicted molar refractivity (Wildman–Crippen MR) is 98.8 cm³/mol. The van der Waals surface area contributed by atoms with Crippen LogP contribution in [-0.2, 0) is 10.0 Å². The number of sulfonamides is 1. The molecule has 0 radical (unpaired) electrons. The first kappa shape index (κ1) is 19.9. The van der Waals surface area contributed by atoms with E-state index in [4.69, 9.17) is 5.73 Å². The normalized spacial score (nSPS) is 21.3. The van der Waals surface area contributed by atoms with E-state index in [1.807, 2.05) is 0 Å². The Hall–Kier alpha value is -1.44. The molecule has 0 bridgehead atoms. The van der Waals surface area contributed by atoms with Gasteiger partial charge in [-0.2, -0.15) is 4.31 Å². The summed E-state index contributed by atoms with van der Waals surface area (Å²) in [6, 6.07) is 6.33. The monoisotopic (exact) mass is 367 g/mol. The van der Waals surface area contributed by atoms with Crippen LogP contribution in [0.2, 0.25) is 0 Å². The maximum Gasteiger partial charge on any atom is 0.251 e. The zero-order valence-electron chi connectivity index (χ0n) is 15.1. The summed E-state index contributed by atoms with van der Waals surface area (Å²) in [5.74, 6) is 0.0576. The van der Waals surface area contributed by atoms with Gasteiger partial charge in [-0.1, -0.05) is 32.8 Å². The van der Waals surface area contributed by atoms with Crippen LogP contribution in [0, 0.1) is 5.92 Å². The molecule has 1 aliphatic carbocycles. The van der Waals surface area contributed by atoms with E-state index in [9.17, 15) is 13.2 Å². The quantitative estimate of drug-likeness (QED) is 0.770. The summed E-state index contributed by atoms with van der Waals surface area (Å²) in [6.45, 7) is 4.95. The predicted octanol–water partition coefficient (Wildman–Crippen LogP) is 1.96. The fourth-order valence-electron chi connectivity index (χ4n) is 3.44. The van der Waals surface area contributed by atoms with E-state index < -0.39 is 10.0 Å². The summed E-state index contributed by atoms with van der Waals surface area (Å²) in [7, 11) is -3.57. The van der Waals surface area contributed by atoms with Crippen molar-refractivity contribution < 1.29 is 13.2 Å². The molecule has 140 valence electrons. The van der Waals surface area contributed by atoms with Crippen molar-refractivity contribution in [1.82, 2.24) is 9.62 Å². The average molecular weight is 368 g/mol. The first-order valence-electron chi connectivity index (χ1n) is 9.05. The van der Waals surface area contributed by atoms with E-state index in [0.717, 1.165) is 25.7 Å². The number of nitrogens with two attached hydrogens (primary N) is 1. The molecule has 0 aromatic heterocycles. The number of nitrogens with zero attached hydrogens (tertiary/aromatic N) is 1. The number of benzene rings is 1. The lowest BCUT2D eigenvalue weighted by molar-refractivity contribution is 0.0908. The summed E-state index contributed by atoms with van der Waals surface area (Å²) >= 11 is 0. The van der Waals surface area contributed by atoms with Crippen molar-refractivity contribution in [2.75, 3.05) is 19.6 Å². The molecule has 6 nitrogen and oxygen atoms in total. The SMILES string of the molecule is CCN(CC)S(=O)(=O)c1cccc(C(=O)NC2CCCCC2CN)c1. The zero-order valence-corrected chi connectivity index (χ0v) is 15.9. The first-order valence-corrected chi connectivity index (χ1v) is 10.5. The molecule has 0 heterocycles. The number of carbonyl (C=O) groups excluding carboxylic acids is 1. The highest BCUT2D eigenvalue weighted by molar-refractivity contribution is 7.89. The summed E-state index contributed by atoms with van der Waals surface area (Å²) in [5.41, 5.74) is 6.19. The van der Waals surface area contributed by atoms with Gasteiger partial charge in [-0.3, -0.25) is 4.79 Å². The van der Waals surface area contributed by atoms with Crippen molar-refractivity contribution in [3.05, 3.63) is 29.8 Å². The van der Waals surface area contributed by atoms with Gasteiger partial charge in [-0.15, -0.1) is 0 Å². The van der Waals surface area contributed by atoms with Gasteiger partial charge in [0.25, 0.3) is 5.91 Å². The van der Waals surface area contributed by atoms with Crippen LogP contribution in [0.1, 0.15) is 49.9 Å². The summed E-state index contributed by atoms with van der Waals surface area (Å²) in [6.07, 6.45) is 4.17. The Labute approximate surface area is 150 Å². The maximum absolute atomic E-state index is 12.6. The van der Waals surface area contributed by atoms with Gasteiger partial charge in [0, 0.05) is 24.7 Å². The van der Waals surface area contributed by atoms with Gasteiger partial charge in [-0.25, -0.2) is 8.42 Å². The second-order valence-corrected chi connectivity index (χ2v) is 8.42. The van der Waals surface area contributed by atoms with Gasteiger partial charge < -0.3 is 11.1 Å². The second-order valence-electron chi connectivity index (χ2n) is 6.48. The molecule has 1 fully saturated rings. The maximum atomic E-state index is 12.6. The van der Waals surface area contributed by atoms with Crippen LogP contribution in [0.15, 0.2) is 29.2 Å². The molecule has 1 aromatic rings. The van der Waals surface area contributed by atoms with Gasteiger partial charge in [0.2, 0.25) is 10.0 Å². The van der Waals surface area contributed by atoms with E-state index in [1.165, 1.54) is 16.4 Å². The number of nitrogens with one attached hydrogen (secondary N) is 1. The van der Waals surface area contributed by atoms with E-state index in [2.05, 4.69) is 5.32 Å². The molecule has 25 heavy (non-hydrogen) atoms. The Balaban J connectivity index is 2.19. The highest BCUT2D eigenvalue weighted by Crippen LogP contribution is 2.24. The molecular weight excluding hydrogens is 338 g/mol. The number of rotatable bonds is 7. The highest BCUT2D eigenvalue weighted by Gasteiger charge is 2.27. The third kappa shape index (κ3) is 4.59. The highest BCUT2D eigenvalue weighted by atomic mass is 32.2. The van der Waals surface area contributed by atoms with Gasteiger partial charge in [0.15, 0.2) is 0 Å². The molecule has 0 aliphatic heterocycles. The van der Waals surface area contributed by atoms with Crippen LogP contribution < -0.4 is 11.1 Å². The van der Waals surface area contributed by atoms with Crippen molar-refractivity contribution in [3.63, 3.8) is 0 Å². The first-order chi connectivity index (χ1) is 11.9. The van der Waals surface area contributed by atoms with Crippen LogP contribution in [-0.4, -0.2) is 44.3 Å². The minimum absolute atomic E-state index is 0.0642. The molecule has 2 rings (SSSR count). The zero-order chi connectivity index (χ0) is 18.4. The Morgan fingerprint density at radius 2 is 1.92 bits per heavy atom. The summed E-state index contributed by atoms with van der Waals surface area (Å²) in [4.78, 5) is 12.8. The van der Waals surface area contributed by atoms with E-state index in [0.29, 0.717) is 31.1 Å². The number of amides is 1. The van der Waals surface area contributed by atoms with E-state index >= 15 is 0 Å². The summed E-state index contributed by atoms with van der Waals surface area (Å²) in [5, 5.41) is 3.04. The molecule has 0 spiro atoms. The average Bonchev–Trinajstić information content (AvgIpc) is 2.63. The van der Waals surface area contributed by atoms with Crippen LogP contribution >= 0.6 is 0 Å². The standard InChI is InChI=1S/C18H29N3O3S/c1-3-21(4-2)25(23,24)16-10-7-9-14(12-16)18(22)20-17-11-6-5-8-15(17)13-19/h7,9-10,12,15,17H,3-6,8,11,13,19H2,1-2H3,(H,20,22). The van der Waals surface area contributed by atoms with Gasteiger partial charge in [-0.05, 0) is 43.5 Å². The van der Waals surface area contributed by atoms with E-state index in [1.54, 1.807) is 26.0 Å². The minimum Gasteiger partial charge on any atom is -0.349 e. The van der Waals surface area contributed by atoms with Crippen molar-refractivity contribution in [2.45, 2.75) is 50.5 Å². The van der Waals surface area contributed by atoms with Crippen LogP contribution in [0.3, 0.4) is 0 Å². The lowest BCUT2D eigenvalue weighted by Gasteiger charge is -2.31. The second kappa shape index (κ2) is 8.78. The number of hydrogen-bond acceptors (Lipinski definition) is 4. The van der Waals surface area contributed by atoms with Crippen LogP contribution in [0.5, 0.6) is 0 Å². The molecule has 3 N–H and O–H groups in total.